The number of sulfonamides is 1. The molecule has 1 fully saturated rings. The van der Waals surface area contributed by atoms with Crippen molar-refractivity contribution in [3.8, 4) is 0 Å². The van der Waals surface area contributed by atoms with Crippen LogP contribution in [0.5, 0.6) is 0 Å². The molecule has 0 aliphatic carbocycles. The third-order valence-corrected chi connectivity index (χ3v) is 6.27. The Morgan fingerprint density at radius 1 is 1.16 bits per heavy atom. The van der Waals surface area contributed by atoms with Crippen molar-refractivity contribution < 1.29 is 12.8 Å². The quantitative estimate of drug-likeness (QED) is 0.781. The van der Waals surface area contributed by atoms with Crippen LogP contribution < -0.4 is 0 Å². The number of hydrogen-bond donors (Lipinski definition) is 0. The smallest absolute Gasteiger partial charge is 0.218 e. The molecule has 0 atom stereocenters. The predicted molar refractivity (Wildman–Crippen MR) is 93.8 cm³/mol. The summed E-state index contributed by atoms with van der Waals surface area (Å²) in [4.78, 5) is 2.21. The van der Waals surface area contributed by atoms with Gasteiger partial charge in [0, 0.05) is 56.6 Å². The van der Waals surface area contributed by atoms with E-state index >= 15 is 0 Å². The van der Waals surface area contributed by atoms with Crippen molar-refractivity contribution >= 4 is 10.0 Å². The summed E-state index contributed by atoms with van der Waals surface area (Å²) in [6.45, 7) is 5.82. The summed E-state index contributed by atoms with van der Waals surface area (Å²) in [5.74, 6) is -0.763. The van der Waals surface area contributed by atoms with Gasteiger partial charge in [-0.1, -0.05) is 18.2 Å². The molecule has 136 valence electrons. The molecule has 0 unspecified atom stereocenters. The second-order valence-electron chi connectivity index (χ2n) is 6.23. The Bertz CT molecular complexity index is 814. The number of nitrogens with zero attached hydrogens (tertiary/aromatic N) is 4. The van der Waals surface area contributed by atoms with Crippen molar-refractivity contribution in [1.29, 1.82) is 0 Å². The Labute approximate surface area is 147 Å². The number of piperazine rings is 1. The SMILES string of the molecule is CCn1cc(CN2CCN(S(=O)(=O)Cc3ccccc3F)CC2)cn1. The highest BCUT2D eigenvalue weighted by molar-refractivity contribution is 7.88. The van der Waals surface area contributed by atoms with E-state index in [4.69, 9.17) is 0 Å². The summed E-state index contributed by atoms with van der Waals surface area (Å²) in [5, 5.41) is 4.26. The van der Waals surface area contributed by atoms with Gasteiger partial charge in [0.2, 0.25) is 10.0 Å². The molecule has 1 saturated heterocycles. The molecule has 1 aliphatic rings. The molecule has 0 bridgehead atoms. The number of rotatable bonds is 6. The molecule has 1 aromatic heterocycles. The maximum Gasteiger partial charge on any atom is 0.218 e. The van der Waals surface area contributed by atoms with Crippen molar-refractivity contribution in [2.24, 2.45) is 0 Å². The molecule has 6 nitrogen and oxygen atoms in total. The number of hydrogen-bond acceptors (Lipinski definition) is 4. The lowest BCUT2D eigenvalue weighted by molar-refractivity contribution is 0.181. The number of halogens is 1. The topological polar surface area (TPSA) is 58.4 Å². The lowest BCUT2D eigenvalue weighted by Gasteiger charge is -2.33. The van der Waals surface area contributed by atoms with Crippen molar-refractivity contribution in [3.63, 3.8) is 0 Å². The van der Waals surface area contributed by atoms with E-state index in [-0.39, 0.29) is 11.3 Å². The monoisotopic (exact) mass is 366 g/mol. The molecular weight excluding hydrogens is 343 g/mol. The van der Waals surface area contributed by atoms with E-state index in [0.717, 1.165) is 18.7 Å². The van der Waals surface area contributed by atoms with Gasteiger partial charge in [0.1, 0.15) is 5.82 Å². The Balaban J connectivity index is 1.56. The summed E-state index contributed by atoms with van der Waals surface area (Å²) < 4.78 is 42.2. The second-order valence-corrected chi connectivity index (χ2v) is 8.20. The first-order valence-corrected chi connectivity index (χ1v) is 10.0. The third kappa shape index (κ3) is 4.45. The first-order valence-electron chi connectivity index (χ1n) is 8.43. The summed E-state index contributed by atoms with van der Waals surface area (Å²) in [6, 6.07) is 6.03. The van der Waals surface area contributed by atoms with E-state index in [1.165, 1.54) is 16.4 Å². The van der Waals surface area contributed by atoms with Crippen molar-refractivity contribution in [3.05, 3.63) is 53.6 Å². The van der Waals surface area contributed by atoms with Crippen LogP contribution in [0.15, 0.2) is 36.7 Å². The van der Waals surface area contributed by atoms with Crippen LogP contribution in [0.1, 0.15) is 18.1 Å². The zero-order chi connectivity index (χ0) is 17.9. The van der Waals surface area contributed by atoms with Gasteiger partial charge in [-0.2, -0.15) is 9.40 Å². The third-order valence-electron chi connectivity index (χ3n) is 4.44. The highest BCUT2D eigenvalue weighted by Crippen LogP contribution is 2.17. The molecule has 2 heterocycles. The molecule has 25 heavy (non-hydrogen) atoms. The summed E-state index contributed by atoms with van der Waals surface area (Å²) in [6.07, 6.45) is 3.87. The van der Waals surface area contributed by atoms with Gasteiger partial charge in [0.25, 0.3) is 0 Å². The van der Waals surface area contributed by atoms with Crippen molar-refractivity contribution in [2.75, 3.05) is 26.2 Å². The van der Waals surface area contributed by atoms with Crippen molar-refractivity contribution in [2.45, 2.75) is 25.8 Å². The largest absolute Gasteiger partial charge is 0.296 e. The molecular formula is C17H23FN4O2S. The highest BCUT2D eigenvalue weighted by atomic mass is 32.2. The van der Waals surface area contributed by atoms with Gasteiger partial charge in [-0.3, -0.25) is 9.58 Å². The molecule has 0 radical (unpaired) electrons. The van der Waals surface area contributed by atoms with Crippen LogP contribution in [0, 0.1) is 5.82 Å². The van der Waals surface area contributed by atoms with Crippen LogP contribution >= 0.6 is 0 Å². The molecule has 0 saturated carbocycles. The average Bonchev–Trinajstić information content (AvgIpc) is 3.05. The Kier molecular flexibility index (Phi) is 5.51. The van der Waals surface area contributed by atoms with Crippen molar-refractivity contribution in [1.82, 2.24) is 19.0 Å². The molecule has 1 aromatic carbocycles. The summed E-state index contributed by atoms with van der Waals surface area (Å²) in [5.41, 5.74) is 1.35. The van der Waals surface area contributed by atoms with Gasteiger partial charge in [-0.15, -0.1) is 0 Å². The van der Waals surface area contributed by atoms with Crippen LogP contribution in [-0.2, 0) is 28.9 Å². The molecule has 3 rings (SSSR count). The number of aromatic nitrogens is 2. The maximum absolute atomic E-state index is 13.7. The molecule has 0 amide bonds. The van der Waals surface area contributed by atoms with E-state index in [1.807, 2.05) is 24.0 Å². The van der Waals surface area contributed by atoms with E-state index in [1.54, 1.807) is 12.1 Å². The molecule has 8 heteroatoms. The Morgan fingerprint density at radius 2 is 1.88 bits per heavy atom. The normalized spacial score (nSPS) is 17.0. The Morgan fingerprint density at radius 3 is 2.52 bits per heavy atom. The predicted octanol–water partition coefficient (Wildman–Crippen LogP) is 1.69. The number of benzene rings is 1. The zero-order valence-corrected chi connectivity index (χ0v) is 15.1. The minimum atomic E-state index is -3.50. The van der Waals surface area contributed by atoms with Crippen LogP contribution in [0.3, 0.4) is 0 Å². The van der Waals surface area contributed by atoms with E-state index in [2.05, 4.69) is 10.00 Å². The maximum atomic E-state index is 13.7. The van der Waals surface area contributed by atoms with Crippen LogP contribution in [-0.4, -0.2) is 53.6 Å². The van der Waals surface area contributed by atoms with Gasteiger partial charge in [0.05, 0.1) is 11.9 Å². The lowest BCUT2D eigenvalue weighted by Crippen LogP contribution is -2.48. The van der Waals surface area contributed by atoms with E-state index in [0.29, 0.717) is 26.2 Å². The van der Waals surface area contributed by atoms with Crippen LogP contribution in [0.2, 0.25) is 0 Å². The standard InChI is InChI=1S/C17H23FN4O2S/c1-2-21-13-15(11-19-21)12-20-7-9-22(10-8-20)25(23,24)14-16-5-3-4-6-17(16)18/h3-6,11,13H,2,7-10,12,14H2,1H3. The molecule has 0 N–H and O–H groups in total. The summed E-state index contributed by atoms with van der Waals surface area (Å²) in [7, 11) is -3.50. The van der Waals surface area contributed by atoms with E-state index < -0.39 is 15.8 Å². The first-order chi connectivity index (χ1) is 12.0. The van der Waals surface area contributed by atoms with Gasteiger partial charge in [-0.25, -0.2) is 12.8 Å². The molecule has 0 spiro atoms. The molecule has 2 aromatic rings. The average molecular weight is 366 g/mol. The minimum Gasteiger partial charge on any atom is -0.296 e. The second kappa shape index (κ2) is 7.63. The fraction of sp³-hybridized carbons (Fsp3) is 0.471. The fourth-order valence-electron chi connectivity index (χ4n) is 2.99. The Hall–Kier alpha value is -1.77. The first kappa shape index (κ1) is 18.0. The van der Waals surface area contributed by atoms with Crippen LogP contribution in [0.25, 0.3) is 0 Å². The van der Waals surface area contributed by atoms with Gasteiger partial charge in [-0.05, 0) is 13.0 Å². The fourth-order valence-corrected chi connectivity index (χ4v) is 4.52. The summed E-state index contributed by atoms with van der Waals surface area (Å²) >= 11 is 0. The molecule has 1 aliphatic heterocycles. The lowest BCUT2D eigenvalue weighted by atomic mass is 10.2. The highest BCUT2D eigenvalue weighted by Gasteiger charge is 2.27. The number of aryl methyl sites for hydroxylation is 1. The zero-order valence-electron chi connectivity index (χ0n) is 14.3. The van der Waals surface area contributed by atoms with Gasteiger partial charge >= 0.3 is 0 Å². The van der Waals surface area contributed by atoms with Crippen LogP contribution in [0.4, 0.5) is 4.39 Å². The van der Waals surface area contributed by atoms with Gasteiger partial charge in [0.15, 0.2) is 0 Å². The van der Waals surface area contributed by atoms with Gasteiger partial charge < -0.3 is 0 Å². The minimum absolute atomic E-state index is 0.219. The van der Waals surface area contributed by atoms with E-state index in [9.17, 15) is 12.8 Å².